The highest BCUT2D eigenvalue weighted by Crippen LogP contribution is 2.34. The van der Waals surface area contributed by atoms with E-state index < -0.39 is 0 Å². The Kier molecular flexibility index (Phi) is 6.95. The van der Waals surface area contributed by atoms with Crippen molar-refractivity contribution in [1.82, 2.24) is 4.90 Å². The smallest absolute Gasteiger partial charge is 0.219 e. The first-order valence-corrected chi connectivity index (χ1v) is 9.67. The third kappa shape index (κ3) is 5.19. The summed E-state index contributed by atoms with van der Waals surface area (Å²) in [5, 5.41) is 0. The summed E-state index contributed by atoms with van der Waals surface area (Å²) in [5.74, 6) is 2.52. The van der Waals surface area contributed by atoms with E-state index in [0.29, 0.717) is 13.1 Å². The van der Waals surface area contributed by atoms with Gasteiger partial charge in [-0.15, -0.1) is 0 Å². The number of nitrogens with zero attached hydrogens (tertiary/aromatic N) is 1. The van der Waals surface area contributed by atoms with Gasteiger partial charge in [-0.2, -0.15) is 0 Å². The highest BCUT2D eigenvalue weighted by molar-refractivity contribution is 5.73. The Balaban J connectivity index is 1.78. The average molecular weight is 393 g/mol. The first-order chi connectivity index (χ1) is 14.1. The van der Waals surface area contributed by atoms with Crippen molar-refractivity contribution in [3.05, 3.63) is 83.8 Å². The van der Waals surface area contributed by atoms with E-state index in [2.05, 4.69) is 0 Å². The molecule has 5 heteroatoms. The summed E-state index contributed by atoms with van der Waals surface area (Å²) < 4.78 is 16.5. The minimum atomic E-state index is -0.00105. The molecule has 3 aromatic rings. The van der Waals surface area contributed by atoms with Gasteiger partial charge in [-0.1, -0.05) is 30.3 Å². The first kappa shape index (κ1) is 20.5. The van der Waals surface area contributed by atoms with Gasteiger partial charge in [0, 0.05) is 31.5 Å². The van der Waals surface area contributed by atoms with Crippen LogP contribution in [0.4, 0.5) is 0 Å². The Morgan fingerprint density at radius 2 is 1.76 bits per heavy atom. The molecule has 0 bridgehead atoms. The van der Waals surface area contributed by atoms with Crippen molar-refractivity contribution in [2.24, 2.45) is 0 Å². The molecule has 0 radical (unpaired) electrons. The number of carbonyl (C=O) groups excluding carboxylic acids is 1. The monoisotopic (exact) mass is 393 g/mol. The molecule has 152 valence electrons. The minimum Gasteiger partial charge on any atom is -0.497 e. The molecule has 0 unspecified atom stereocenters. The highest BCUT2D eigenvalue weighted by Gasteiger charge is 2.22. The molecule has 1 heterocycles. The lowest BCUT2D eigenvalue weighted by atomic mass is 9.92. The third-order valence-electron chi connectivity index (χ3n) is 5.07. The van der Waals surface area contributed by atoms with Gasteiger partial charge in [0.1, 0.15) is 17.3 Å². The lowest BCUT2D eigenvalue weighted by molar-refractivity contribution is -0.129. The van der Waals surface area contributed by atoms with E-state index in [1.165, 1.54) is 0 Å². The molecule has 0 aliphatic heterocycles. The summed E-state index contributed by atoms with van der Waals surface area (Å²) in [6.45, 7) is 2.76. The van der Waals surface area contributed by atoms with Crippen LogP contribution in [0.25, 0.3) is 0 Å². The number of rotatable bonds is 9. The van der Waals surface area contributed by atoms with Crippen LogP contribution in [0.2, 0.25) is 0 Å². The van der Waals surface area contributed by atoms with Crippen LogP contribution >= 0.6 is 0 Å². The number of hydrogen-bond donors (Lipinski definition) is 0. The molecule has 29 heavy (non-hydrogen) atoms. The molecule has 1 atom stereocenters. The third-order valence-corrected chi connectivity index (χ3v) is 5.07. The van der Waals surface area contributed by atoms with Gasteiger partial charge in [0.2, 0.25) is 5.91 Å². The molecule has 0 spiro atoms. The predicted octanol–water partition coefficient (Wildman–Crippen LogP) is 4.87. The summed E-state index contributed by atoms with van der Waals surface area (Å²) >= 11 is 0. The molecule has 0 saturated heterocycles. The van der Waals surface area contributed by atoms with Crippen LogP contribution in [0.15, 0.2) is 71.3 Å². The van der Waals surface area contributed by atoms with E-state index in [-0.39, 0.29) is 11.8 Å². The number of ether oxygens (including phenoxy) is 2. The summed E-state index contributed by atoms with van der Waals surface area (Å²) in [6.07, 6.45) is 2.40. The van der Waals surface area contributed by atoms with Crippen molar-refractivity contribution < 1.29 is 18.7 Å². The number of amides is 1. The van der Waals surface area contributed by atoms with Crippen LogP contribution in [0.1, 0.15) is 36.1 Å². The normalized spacial score (nSPS) is 11.7. The molecule has 1 amide bonds. The van der Waals surface area contributed by atoms with Gasteiger partial charge in [0.15, 0.2) is 0 Å². The van der Waals surface area contributed by atoms with Crippen molar-refractivity contribution in [3.63, 3.8) is 0 Å². The standard InChI is InChI=1S/C24H27NO4/c1-18(26)25(17-19-10-12-20(27-2)13-11-19)15-14-22(24-9-6-16-29-24)21-7-4-5-8-23(21)28-3/h4-13,16,22H,14-15,17H2,1-3H3/t22-/m1/s1. The maximum absolute atomic E-state index is 12.3. The number of carbonyl (C=O) groups is 1. The largest absolute Gasteiger partial charge is 0.497 e. The van der Waals surface area contributed by atoms with Crippen molar-refractivity contribution in [2.75, 3.05) is 20.8 Å². The van der Waals surface area contributed by atoms with Crippen molar-refractivity contribution >= 4 is 5.91 Å². The molecule has 1 aromatic heterocycles. The van der Waals surface area contributed by atoms with E-state index in [1.54, 1.807) is 27.4 Å². The summed E-state index contributed by atoms with van der Waals surface area (Å²) in [6, 6.07) is 19.6. The van der Waals surface area contributed by atoms with Crippen LogP contribution < -0.4 is 9.47 Å². The Bertz CT molecular complexity index is 903. The zero-order valence-corrected chi connectivity index (χ0v) is 17.1. The van der Waals surface area contributed by atoms with Crippen molar-refractivity contribution in [1.29, 1.82) is 0 Å². The summed E-state index contributed by atoms with van der Waals surface area (Å²) in [4.78, 5) is 14.1. The van der Waals surface area contributed by atoms with Crippen molar-refractivity contribution in [2.45, 2.75) is 25.8 Å². The average Bonchev–Trinajstić information content (AvgIpc) is 3.28. The SMILES string of the molecule is COc1ccc(CN(CC[C@@H](c2ccco2)c2ccccc2OC)C(C)=O)cc1. The number of furan rings is 1. The molecule has 5 nitrogen and oxygen atoms in total. The fraction of sp³-hybridized carbons (Fsp3) is 0.292. The molecule has 0 aliphatic rings. The second kappa shape index (κ2) is 9.82. The molecule has 0 aliphatic carbocycles. The molecule has 2 aromatic carbocycles. The van der Waals surface area contributed by atoms with E-state index in [0.717, 1.165) is 34.8 Å². The zero-order chi connectivity index (χ0) is 20.6. The number of benzene rings is 2. The first-order valence-electron chi connectivity index (χ1n) is 9.67. The van der Waals surface area contributed by atoms with Gasteiger partial charge < -0.3 is 18.8 Å². The van der Waals surface area contributed by atoms with Gasteiger partial charge in [0.05, 0.1) is 20.5 Å². The predicted molar refractivity (Wildman–Crippen MR) is 112 cm³/mol. The summed E-state index contributed by atoms with van der Waals surface area (Å²) in [5.41, 5.74) is 2.12. The zero-order valence-electron chi connectivity index (χ0n) is 17.1. The van der Waals surface area contributed by atoms with Crippen LogP contribution in [0, 0.1) is 0 Å². The fourth-order valence-electron chi connectivity index (χ4n) is 3.48. The van der Waals surface area contributed by atoms with Gasteiger partial charge >= 0.3 is 0 Å². The second-order valence-corrected chi connectivity index (χ2v) is 6.89. The lowest BCUT2D eigenvalue weighted by Crippen LogP contribution is -2.30. The van der Waals surface area contributed by atoms with Crippen LogP contribution in [-0.4, -0.2) is 31.6 Å². The topological polar surface area (TPSA) is 51.9 Å². The van der Waals surface area contributed by atoms with E-state index in [9.17, 15) is 4.79 Å². The van der Waals surface area contributed by atoms with Gasteiger partial charge in [-0.3, -0.25) is 4.79 Å². The van der Waals surface area contributed by atoms with E-state index >= 15 is 0 Å². The Morgan fingerprint density at radius 1 is 1.00 bits per heavy atom. The van der Waals surface area contributed by atoms with Gasteiger partial charge in [-0.25, -0.2) is 0 Å². The molecule has 3 rings (SSSR count). The van der Waals surface area contributed by atoms with Gasteiger partial charge in [0.25, 0.3) is 0 Å². The lowest BCUT2D eigenvalue weighted by Gasteiger charge is -2.25. The maximum atomic E-state index is 12.3. The van der Waals surface area contributed by atoms with Crippen LogP contribution in [0.5, 0.6) is 11.5 Å². The molecule has 0 fully saturated rings. The molecular weight excluding hydrogens is 366 g/mol. The van der Waals surface area contributed by atoms with E-state index in [1.807, 2.05) is 65.6 Å². The molecule has 0 saturated carbocycles. The number of hydrogen-bond acceptors (Lipinski definition) is 4. The van der Waals surface area contributed by atoms with Gasteiger partial charge in [-0.05, 0) is 42.3 Å². The highest BCUT2D eigenvalue weighted by atomic mass is 16.5. The maximum Gasteiger partial charge on any atom is 0.219 e. The second-order valence-electron chi connectivity index (χ2n) is 6.89. The molecule has 0 N–H and O–H groups in total. The summed E-state index contributed by atoms with van der Waals surface area (Å²) in [7, 11) is 3.31. The van der Waals surface area contributed by atoms with Crippen LogP contribution in [0.3, 0.4) is 0 Å². The number of methoxy groups -OCH3 is 2. The Labute approximate surface area is 171 Å². The Morgan fingerprint density at radius 3 is 2.38 bits per heavy atom. The quantitative estimate of drug-likeness (QED) is 0.521. The number of para-hydroxylation sites is 1. The Hall–Kier alpha value is -3.21. The fourth-order valence-corrected chi connectivity index (χ4v) is 3.48. The van der Waals surface area contributed by atoms with Crippen LogP contribution in [-0.2, 0) is 11.3 Å². The molecular formula is C24H27NO4. The van der Waals surface area contributed by atoms with Crippen molar-refractivity contribution in [3.8, 4) is 11.5 Å². The van der Waals surface area contributed by atoms with E-state index in [4.69, 9.17) is 13.9 Å². The minimum absolute atomic E-state index is 0.00105.